The van der Waals surface area contributed by atoms with Gasteiger partial charge in [-0.1, -0.05) is 41.7 Å². The number of anilines is 3. The molecular weight excluding hydrogens is 927 g/mol. The second-order valence-corrected chi connectivity index (χ2v) is 20.9. The van der Waals surface area contributed by atoms with Crippen LogP contribution in [0.3, 0.4) is 0 Å². The van der Waals surface area contributed by atoms with Crippen molar-refractivity contribution in [1.82, 2.24) is 30.0 Å². The molecule has 0 radical (unpaired) electrons. The Morgan fingerprint density at radius 1 is 0.847 bits per heavy atom. The summed E-state index contributed by atoms with van der Waals surface area (Å²) in [5.74, 6) is -0.151. The first-order valence-corrected chi connectivity index (χ1v) is 26.1. The molecule has 4 aromatic carbocycles. The number of nitrogens with zero attached hydrogens (tertiary/aromatic N) is 7. The molecule has 1 unspecified atom stereocenters. The monoisotopic (exact) mass is 985 g/mol. The molecule has 0 bridgehead atoms. The molecule has 3 aliphatic heterocycles. The van der Waals surface area contributed by atoms with Crippen molar-refractivity contribution in [3.05, 3.63) is 125 Å². The summed E-state index contributed by atoms with van der Waals surface area (Å²) in [6.45, 7) is 8.12. The summed E-state index contributed by atoms with van der Waals surface area (Å²) in [4.78, 5) is 67.1. The van der Waals surface area contributed by atoms with Crippen LogP contribution in [0.4, 0.5) is 16.6 Å². The van der Waals surface area contributed by atoms with Crippen LogP contribution in [0.1, 0.15) is 101 Å². The molecule has 3 aromatic heterocycles. The van der Waals surface area contributed by atoms with Crippen molar-refractivity contribution in [3.63, 3.8) is 0 Å². The number of carbonyl (C=O) groups is 4. The largest absolute Gasteiger partial charge is 0.490 e. The Bertz CT molecular complexity index is 3190. The van der Waals surface area contributed by atoms with Gasteiger partial charge in [0, 0.05) is 74.9 Å². The number of ether oxygens (including phenoxy) is 1. The zero-order valence-electron chi connectivity index (χ0n) is 40.7. The number of fused-ring (bicyclic) bond motifs is 3. The van der Waals surface area contributed by atoms with E-state index in [1.54, 1.807) is 0 Å². The first-order chi connectivity index (χ1) is 35.0. The summed E-state index contributed by atoms with van der Waals surface area (Å²) >= 11 is 1.44. The number of pyridine rings is 1. The van der Waals surface area contributed by atoms with Crippen molar-refractivity contribution in [2.45, 2.75) is 83.3 Å². The number of imide groups is 1. The van der Waals surface area contributed by atoms with Gasteiger partial charge in [0.1, 0.15) is 11.6 Å². The van der Waals surface area contributed by atoms with Crippen LogP contribution in [0.2, 0.25) is 0 Å². The number of nitrogens with one attached hydrogen (secondary N) is 2. The number of aromatic carboxylic acids is 1. The lowest BCUT2D eigenvalue weighted by atomic mass is 9.84. The lowest BCUT2D eigenvalue weighted by Crippen LogP contribution is -2.46. The average molecular weight is 986 g/mol. The van der Waals surface area contributed by atoms with E-state index in [1.165, 1.54) is 29.9 Å². The van der Waals surface area contributed by atoms with Crippen molar-refractivity contribution >= 4 is 72.8 Å². The summed E-state index contributed by atoms with van der Waals surface area (Å²) < 4.78 is 9.41. The molecule has 16 heteroatoms. The maximum absolute atomic E-state index is 13.6. The molecule has 1 atom stereocenters. The highest BCUT2D eigenvalue weighted by Gasteiger charge is 2.32. The Hall–Kier alpha value is -7.17. The van der Waals surface area contributed by atoms with Crippen LogP contribution < -0.4 is 25.2 Å². The molecule has 3 fully saturated rings. The smallest absolute Gasteiger partial charge is 0.355 e. The van der Waals surface area contributed by atoms with Crippen molar-refractivity contribution in [3.8, 4) is 16.9 Å². The Kier molecular flexibility index (Phi) is 13.2. The topological polar surface area (TPSA) is 175 Å². The third-order valence-electron chi connectivity index (χ3n) is 15.3. The summed E-state index contributed by atoms with van der Waals surface area (Å²) in [7, 11) is 1.92. The third kappa shape index (κ3) is 9.77. The minimum atomic E-state index is -1.10. The predicted molar refractivity (Wildman–Crippen MR) is 280 cm³/mol. The van der Waals surface area contributed by atoms with Crippen molar-refractivity contribution < 1.29 is 29.0 Å². The van der Waals surface area contributed by atoms with E-state index in [9.17, 15) is 24.3 Å². The van der Waals surface area contributed by atoms with Crippen LogP contribution in [0.5, 0.6) is 5.75 Å². The Balaban J connectivity index is 0.648. The van der Waals surface area contributed by atoms with E-state index in [4.69, 9.17) is 14.8 Å². The number of piperazine rings is 1. The van der Waals surface area contributed by atoms with E-state index >= 15 is 0 Å². The maximum Gasteiger partial charge on any atom is 0.355 e. The number of aryl methyl sites for hydroxylation is 2. The summed E-state index contributed by atoms with van der Waals surface area (Å²) in [5, 5.41) is 22.2. The number of amides is 3. The lowest BCUT2D eigenvalue weighted by Gasteiger charge is -2.36. The minimum Gasteiger partial charge on any atom is -0.490 e. The molecule has 2 saturated heterocycles. The van der Waals surface area contributed by atoms with E-state index in [-0.39, 0.29) is 29.5 Å². The molecular formula is C56H59N9O6S. The van der Waals surface area contributed by atoms with Gasteiger partial charge in [-0.05, 0) is 154 Å². The fourth-order valence-corrected chi connectivity index (χ4v) is 12.2. The fraction of sp³-hybridized carbons (Fsp3) is 0.375. The van der Waals surface area contributed by atoms with Crippen LogP contribution in [-0.4, -0.2) is 98.8 Å². The Morgan fingerprint density at radius 2 is 1.67 bits per heavy atom. The Morgan fingerprint density at radius 3 is 2.46 bits per heavy atom. The summed E-state index contributed by atoms with van der Waals surface area (Å²) in [6, 6.07) is 29.6. The molecule has 11 rings (SSSR count). The highest BCUT2D eigenvalue weighted by atomic mass is 32.1. The van der Waals surface area contributed by atoms with E-state index < -0.39 is 11.9 Å². The number of carbonyl (C=O) groups excluding carboxylic acids is 3. The summed E-state index contributed by atoms with van der Waals surface area (Å²) in [5.41, 5.74) is 8.57. The van der Waals surface area contributed by atoms with E-state index in [1.807, 2.05) is 96.3 Å². The highest BCUT2D eigenvalue weighted by Crippen LogP contribution is 2.37. The standard InChI is InChI=1S/C56H59N9O6S/c1-34-31-39(71-38-15-12-35(13-16-38)7-6-25-63-27-29-64(30-28-63)37-14-18-43-47(32-37)62(2)61-51(43)44-21-23-50(66)59-54(44)68)17-19-40(34)41-20-22-49(58-52(41)55(69)70)65-26-24-36-8-5-9-42(45(36)33-65)53(67)60-56-57-46-10-3-4-11-48(46)72-56/h3-5,8-11,14,17-20,22,31-32,35,38,44H,6-7,12-13,15-16,21,23-30,33H2,1-2H3,(H,69,70)(H,57,60,67)(H,59,66,68). The number of para-hydroxylation sites is 1. The first-order valence-electron chi connectivity index (χ1n) is 25.3. The maximum atomic E-state index is 13.6. The molecule has 1 saturated carbocycles. The number of hydrogen-bond acceptors (Lipinski definition) is 12. The van der Waals surface area contributed by atoms with Crippen molar-refractivity contribution in [2.24, 2.45) is 13.0 Å². The second kappa shape index (κ2) is 20.1. The predicted octanol–water partition coefficient (Wildman–Crippen LogP) is 9.13. The molecule has 72 heavy (non-hydrogen) atoms. The molecule has 6 heterocycles. The van der Waals surface area contributed by atoms with Gasteiger partial charge in [-0.15, -0.1) is 0 Å². The molecule has 4 aliphatic rings. The van der Waals surface area contributed by atoms with Gasteiger partial charge in [0.25, 0.3) is 5.91 Å². The highest BCUT2D eigenvalue weighted by molar-refractivity contribution is 7.22. The van der Waals surface area contributed by atoms with Crippen LogP contribution >= 0.6 is 11.3 Å². The number of piperidine rings is 1. The quantitative estimate of drug-likeness (QED) is 0.0937. The molecule has 3 amide bonds. The van der Waals surface area contributed by atoms with Gasteiger partial charge in [-0.25, -0.2) is 14.8 Å². The van der Waals surface area contributed by atoms with Gasteiger partial charge >= 0.3 is 5.97 Å². The van der Waals surface area contributed by atoms with Gasteiger partial charge in [0.2, 0.25) is 11.8 Å². The SMILES string of the molecule is Cc1cc(OC2CCC(CCCN3CCN(c4ccc5c(C6CCC(=O)NC6=O)nn(C)c5c4)CC3)CC2)ccc1-c1ccc(N2CCc3cccc(C(=O)Nc4nc5ccccc5s4)c3C2)nc1C(=O)O. The van der Waals surface area contributed by atoms with Crippen LogP contribution in [0, 0.1) is 12.8 Å². The number of carboxylic acids is 1. The Labute approximate surface area is 422 Å². The van der Waals surface area contributed by atoms with Crippen LogP contribution in [-0.2, 0) is 29.6 Å². The molecule has 7 aromatic rings. The number of rotatable bonds is 13. The van der Waals surface area contributed by atoms with Crippen LogP contribution in [0.25, 0.3) is 32.2 Å². The third-order valence-corrected chi connectivity index (χ3v) is 16.2. The molecule has 3 N–H and O–H groups in total. The zero-order valence-corrected chi connectivity index (χ0v) is 41.5. The fourth-order valence-electron chi connectivity index (χ4n) is 11.3. The van der Waals surface area contributed by atoms with Gasteiger partial charge in [-0.3, -0.25) is 34.6 Å². The van der Waals surface area contributed by atoms with Crippen molar-refractivity contribution in [2.75, 3.05) is 54.4 Å². The molecule has 15 nitrogen and oxygen atoms in total. The van der Waals surface area contributed by atoms with Gasteiger partial charge in [0.05, 0.1) is 33.4 Å². The number of thiazole rings is 1. The van der Waals surface area contributed by atoms with E-state index in [2.05, 4.69) is 43.6 Å². The van der Waals surface area contributed by atoms with Gasteiger partial charge < -0.3 is 19.6 Å². The van der Waals surface area contributed by atoms with Crippen LogP contribution in [0.15, 0.2) is 91.0 Å². The number of benzene rings is 4. The molecule has 1 aliphatic carbocycles. The first kappa shape index (κ1) is 47.2. The number of hydrogen-bond donors (Lipinski definition) is 3. The van der Waals surface area contributed by atoms with E-state index in [0.29, 0.717) is 60.3 Å². The molecule has 0 spiro atoms. The number of aromatic nitrogens is 4. The number of carboxylic acid groups (broad SMARTS) is 1. The average Bonchev–Trinajstić information content (AvgIpc) is 3.95. The van der Waals surface area contributed by atoms with Crippen molar-refractivity contribution in [1.29, 1.82) is 0 Å². The van der Waals surface area contributed by atoms with Gasteiger partial charge in [0.15, 0.2) is 10.8 Å². The van der Waals surface area contributed by atoms with Gasteiger partial charge in [-0.2, -0.15) is 5.10 Å². The summed E-state index contributed by atoms with van der Waals surface area (Å²) in [6.07, 6.45) is 8.42. The normalized spacial score (nSPS) is 19.6. The lowest BCUT2D eigenvalue weighted by molar-refractivity contribution is -0.134. The zero-order chi connectivity index (χ0) is 49.5. The minimum absolute atomic E-state index is 0.0129. The van der Waals surface area contributed by atoms with E-state index in [0.717, 1.165) is 113 Å². The second-order valence-electron chi connectivity index (χ2n) is 19.8. The molecule has 370 valence electrons.